The summed E-state index contributed by atoms with van der Waals surface area (Å²) in [4.78, 5) is 13.2. The van der Waals surface area contributed by atoms with Crippen LogP contribution in [0.2, 0.25) is 0 Å². The zero-order valence-electron chi connectivity index (χ0n) is 12.3. The first-order valence-electron chi connectivity index (χ1n) is 7.58. The van der Waals surface area contributed by atoms with Gasteiger partial charge in [0.25, 0.3) is 0 Å². The molecule has 0 unspecified atom stereocenters. The molecule has 22 heavy (non-hydrogen) atoms. The van der Waals surface area contributed by atoms with Gasteiger partial charge in [-0.15, -0.1) is 11.3 Å². The summed E-state index contributed by atoms with van der Waals surface area (Å²) < 4.78 is 0. The number of nitrogens with one attached hydrogen (secondary N) is 2. The van der Waals surface area contributed by atoms with Crippen LogP contribution in [0, 0.1) is 5.92 Å². The van der Waals surface area contributed by atoms with Crippen LogP contribution in [0.3, 0.4) is 0 Å². The van der Waals surface area contributed by atoms with Gasteiger partial charge in [0.15, 0.2) is 0 Å². The number of urea groups is 1. The molecule has 5 heteroatoms. The molecule has 3 rings (SSSR count). The lowest BCUT2D eigenvalue weighted by molar-refractivity contribution is 0.177. The van der Waals surface area contributed by atoms with Gasteiger partial charge < -0.3 is 15.7 Å². The van der Waals surface area contributed by atoms with E-state index in [9.17, 15) is 9.90 Å². The minimum atomic E-state index is -0.200. The fourth-order valence-electron chi connectivity index (χ4n) is 2.88. The van der Waals surface area contributed by atoms with Crippen molar-refractivity contribution in [1.29, 1.82) is 0 Å². The summed E-state index contributed by atoms with van der Waals surface area (Å²) in [6.45, 7) is 0.615. The number of aliphatic hydroxyl groups is 1. The molecule has 1 heterocycles. The van der Waals surface area contributed by atoms with Crippen molar-refractivity contribution in [3.63, 3.8) is 0 Å². The maximum Gasteiger partial charge on any atom is 0.319 e. The Hall–Kier alpha value is -1.85. The number of rotatable bonds is 4. The van der Waals surface area contributed by atoms with Crippen molar-refractivity contribution >= 4 is 23.1 Å². The molecule has 2 aromatic rings. The molecule has 1 aromatic heterocycles. The van der Waals surface area contributed by atoms with Gasteiger partial charge in [0.05, 0.1) is 11.8 Å². The molecule has 4 nitrogen and oxygen atoms in total. The van der Waals surface area contributed by atoms with E-state index in [1.807, 2.05) is 41.8 Å². The van der Waals surface area contributed by atoms with Gasteiger partial charge in [-0.25, -0.2) is 4.79 Å². The molecule has 0 aliphatic heterocycles. The minimum Gasteiger partial charge on any atom is -0.393 e. The molecule has 0 bridgehead atoms. The molecule has 0 spiro atoms. The second-order valence-corrected chi connectivity index (χ2v) is 6.64. The molecule has 1 aromatic carbocycles. The molecule has 2 amide bonds. The van der Waals surface area contributed by atoms with Crippen LogP contribution in [-0.2, 0) is 0 Å². The molecule has 2 atom stereocenters. The Kier molecular flexibility index (Phi) is 4.75. The van der Waals surface area contributed by atoms with E-state index in [4.69, 9.17) is 0 Å². The standard InChI is InChI=1S/C17H20N2O2S/c20-13-8-7-12(10-13)11-18-17(21)19-15-5-2-1-4-14(15)16-6-3-9-22-16/h1-6,9,12-13,20H,7-8,10-11H2,(H2,18,19,21)/t12-,13-/m0/s1. The van der Waals surface area contributed by atoms with Gasteiger partial charge in [-0.2, -0.15) is 0 Å². The summed E-state index contributed by atoms with van der Waals surface area (Å²) in [5, 5.41) is 17.4. The summed E-state index contributed by atoms with van der Waals surface area (Å²) in [7, 11) is 0. The van der Waals surface area contributed by atoms with E-state index in [1.54, 1.807) is 11.3 Å². The molecule has 1 saturated carbocycles. The van der Waals surface area contributed by atoms with Crippen LogP contribution in [0.1, 0.15) is 19.3 Å². The van der Waals surface area contributed by atoms with Crippen molar-refractivity contribution in [2.45, 2.75) is 25.4 Å². The largest absolute Gasteiger partial charge is 0.393 e. The van der Waals surface area contributed by atoms with Crippen molar-refractivity contribution in [2.75, 3.05) is 11.9 Å². The number of carbonyl (C=O) groups is 1. The maximum absolute atomic E-state index is 12.1. The van der Waals surface area contributed by atoms with Crippen molar-refractivity contribution in [2.24, 2.45) is 5.92 Å². The van der Waals surface area contributed by atoms with E-state index < -0.39 is 0 Å². The second kappa shape index (κ2) is 6.94. The van der Waals surface area contributed by atoms with E-state index in [0.29, 0.717) is 12.5 Å². The van der Waals surface area contributed by atoms with E-state index in [2.05, 4.69) is 10.6 Å². The van der Waals surface area contributed by atoms with Gasteiger partial charge >= 0.3 is 6.03 Å². The molecular weight excluding hydrogens is 296 g/mol. The molecule has 0 saturated heterocycles. The summed E-state index contributed by atoms with van der Waals surface area (Å²) in [5.74, 6) is 0.383. The van der Waals surface area contributed by atoms with E-state index in [0.717, 1.165) is 35.4 Å². The second-order valence-electron chi connectivity index (χ2n) is 5.69. The molecule has 3 N–H and O–H groups in total. The number of carbonyl (C=O) groups excluding carboxylic acids is 1. The van der Waals surface area contributed by atoms with Crippen molar-refractivity contribution in [3.05, 3.63) is 41.8 Å². The lowest BCUT2D eigenvalue weighted by Crippen LogP contribution is -2.32. The third-order valence-electron chi connectivity index (χ3n) is 4.03. The molecule has 1 aliphatic rings. The number of hydrogen-bond donors (Lipinski definition) is 3. The van der Waals surface area contributed by atoms with E-state index >= 15 is 0 Å². The zero-order valence-corrected chi connectivity index (χ0v) is 13.1. The Labute approximate surface area is 134 Å². The normalized spacial score (nSPS) is 20.8. The van der Waals surface area contributed by atoms with Gasteiger partial charge in [-0.1, -0.05) is 24.3 Å². The highest BCUT2D eigenvalue weighted by molar-refractivity contribution is 7.13. The summed E-state index contributed by atoms with van der Waals surface area (Å²) in [5.41, 5.74) is 1.85. The van der Waals surface area contributed by atoms with Crippen molar-refractivity contribution in [1.82, 2.24) is 5.32 Å². The smallest absolute Gasteiger partial charge is 0.319 e. The quantitative estimate of drug-likeness (QED) is 0.805. The van der Waals surface area contributed by atoms with Gasteiger partial charge in [-0.3, -0.25) is 0 Å². The van der Waals surface area contributed by atoms with Crippen molar-refractivity contribution in [3.8, 4) is 10.4 Å². The topological polar surface area (TPSA) is 61.4 Å². The summed E-state index contributed by atoms with van der Waals surface area (Å²) >= 11 is 1.65. The molecule has 1 fully saturated rings. The minimum absolute atomic E-state index is 0.189. The van der Waals surface area contributed by atoms with Crippen molar-refractivity contribution < 1.29 is 9.90 Å². The molecule has 0 radical (unpaired) electrons. The molecule has 116 valence electrons. The van der Waals surface area contributed by atoms with Crippen LogP contribution in [0.25, 0.3) is 10.4 Å². The highest BCUT2D eigenvalue weighted by Crippen LogP contribution is 2.31. The predicted molar refractivity (Wildman–Crippen MR) is 90.1 cm³/mol. The van der Waals surface area contributed by atoms with Crippen LogP contribution in [0.4, 0.5) is 10.5 Å². The lowest BCUT2D eigenvalue weighted by atomic mass is 10.1. The first-order chi connectivity index (χ1) is 10.7. The van der Waals surface area contributed by atoms with Gasteiger partial charge in [0, 0.05) is 17.0 Å². The first-order valence-corrected chi connectivity index (χ1v) is 8.46. The summed E-state index contributed by atoms with van der Waals surface area (Å²) in [6, 6.07) is 11.7. The Bertz CT molecular complexity index is 627. The lowest BCUT2D eigenvalue weighted by Gasteiger charge is -2.13. The molecule has 1 aliphatic carbocycles. The van der Waals surface area contributed by atoms with E-state index in [-0.39, 0.29) is 12.1 Å². The van der Waals surface area contributed by atoms with Gasteiger partial charge in [0.1, 0.15) is 0 Å². The van der Waals surface area contributed by atoms with Gasteiger partial charge in [0.2, 0.25) is 0 Å². The number of para-hydroxylation sites is 1. The van der Waals surface area contributed by atoms with Crippen LogP contribution in [-0.4, -0.2) is 23.8 Å². The highest BCUT2D eigenvalue weighted by atomic mass is 32.1. The number of benzene rings is 1. The monoisotopic (exact) mass is 316 g/mol. The SMILES string of the molecule is O=C(NC[C@H]1CC[C@H](O)C1)Nc1ccccc1-c1cccs1. The number of thiophene rings is 1. The Morgan fingerprint density at radius 1 is 1.23 bits per heavy atom. The summed E-state index contributed by atoms with van der Waals surface area (Å²) in [6.07, 6.45) is 2.41. The third-order valence-corrected chi connectivity index (χ3v) is 4.93. The highest BCUT2D eigenvalue weighted by Gasteiger charge is 2.23. The first kappa shape index (κ1) is 15.1. The van der Waals surface area contributed by atoms with Crippen LogP contribution >= 0.6 is 11.3 Å². The fourth-order valence-corrected chi connectivity index (χ4v) is 3.64. The zero-order chi connectivity index (χ0) is 15.4. The van der Waals surface area contributed by atoms with Gasteiger partial charge in [-0.05, 0) is 42.7 Å². The van der Waals surface area contributed by atoms with Crippen LogP contribution in [0.5, 0.6) is 0 Å². The fraction of sp³-hybridized carbons (Fsp3) is 0.353. The number of amides is 2. The average Bonchev–Trinajstić information content (AvgIpc) is 3.17. The Balaban J connectivity index is 1.60. The van der Waals surface area contributed by atoms with Crippen LogP contribution in [0.15, 0.2) is 41.8 Å². The number of anilines is 1. The number of aliphatic hydroxyl groups excluding tert-OH is 1. The van der Waals surface area contributed by atoms with E-state index in [1.165, 1.54) is 0 Å². The average molecular weight is 316 g/mol. The maximum atomic E-state index is 12.1. The van der Waals surface area contributed by atoms with Crippen LogP contribution < -0.4 is 10.6 Å². The predicted octanol–water partition coefficient (Wildman–Crippen LogP) is 3.70. The number of hydrogen-bond acceptors (Lipinski definition) is 3. The Morgan fingerprint density at radius 2 is 2.09 bits per heavy atom. The third kappa shape index (κ3) is 3.67. The Morgan fingerprint density at radius 3 is 2.82 bits per heavy atom. The molecular formula is C17H20N2O2S.